The van der Waals surface area contributed by atoms with Gasteiger partial charge in [0.2, 0.25) is 0 Å². The summed E-state index contributed by atoms with van der Waals surface area (Å²) >= 11 is 0. The van der Waals surface area contributed by atoms with E-state index in [1.54, 1.807) is 0 Å². The number of nitrogens with one attached hydrogen (secondary N) is 1. The summed E-state index contributed by atoms with van der Waals surface area (Å²) in [6.07, 6.45) is 9.28. The van der Waals surface area contributed by atoms with Crippen molar-refractivity contribution >= 4 is 0 Å². The predicted molar refractivity (Wildman–Crippen MR) is 75.7 cm³/mol. The Balaban J connectivity index is 1.51. The zero-order valence-electron chi connectivity index (χ0n) is 11.7. The molecule has 1 aliphatic heterocycles. The summed E-state index contributed by atoms with van der Waals surface area (Å²) in [5, 5.41) is 13.0. The minimum atomic E-state index is 0.389. The third-order valence-electron chi connectivity index (χ3n) is 4.73. The second-order valence-corrected chi connectivity index (χ2v) is 6.09. The van der Waals surface area contributed by atoms with Crippen molar-refractivity contribution in [3.63, 3.8) is 0 Å². The van der Waals surface area contributed by atoms with E-state index in [4.69, 9.17) is 0 Å². The molecular weight excluding hydrogens is 224 g/mol. The SMILES string of the molecule is OCC1CCCCC1CNCCCN1CCCC1. The van der Waals surface area contributed by atoms with Gasteiger partial charge in [-0.25, -0.2) is 0 Å². The van der Waals surface area contributed by atoms with Gasteiger partial charge in [-0.3, -0.25) is 0 Å². The first-order valence-corrected chi connectivity index (χ1v) is 7.94. The van der Waals surface area contributed by atoms with Gasteiger partial charge in [-0.05, 0) is 76.7 Å². The Morgan fingerprint density at radius 2 is 1.72 bits per heavy atom. The van der Waals surface area contributed by atoms with E-state index in [1.807, 2.05) is 0 Å². The largest absolute Gasteiger partial charge is 0.396 e. The predicted octanol–water partition coefficient (Wildman–Crippen LogP) is 1.86. The van der Waals surface area contributed by atoms with E-state index >= 15 is 0 Å². The van der Waals surface area contributed by atoms with Gasteiger partial charge in [0, 0.05) is 6.61 Å². The molecule has 0 aromatic carbocycles. The van der Waals surface area contributed by atoms with E-state index in [2.05, 4.69) is 10.2 Å². The molecule has 2 fully saturated rings. The highest BCUT2D eigenvalue weighted by Gasteiger charge is 2.23. The minimum absolute atomic E-state index is 0.389. The van der Waals surface area contributed by atoms with Gasteiger partial charge in [-0.2, -0.15) is 0 Å². The molecule has 0 aromatic heterocycles. The second kappa shape index (κ2) is 8.13. The van der Waals surface area contributed by atoms with E-state index in [0.717, 1.165) is 19.0 Å². The zero-order valence-corrected chi connectivity index (χ0v) is 11.7. The molecule has 1 aliphatic carbocycles. The molecule has 0 spiro atoms. The van der Waals surface area contributed by atoms with Gasteiger partial charge in [0.25, 0.3) is 0 Å². The molecule has 1 saturated heterocycles. The fraction of sp³-hybridized carbons (Fsp3) is 1.00. The quantitative estimate of drug-likeness (QED) is 0.681. The van der Waals surface area contributed by atoms with E-state index in [9.17, 15) is 5.11 Å². The van der Waals surface area contributed by atoms with Gasteiger partial charge >= 0.3 is 0 Å². The van der Waals surface area contributed by atoms with Gasteiger partial charge in [-0.15, -0.1) is 0 Å². The van der Waals surface area contributed by atoms with Crippen LogP contribution in [0, 0.1) is 11.8 Å². The molecular formula is C15H30N2O. The fourth-order valence-corrected chi connectivity index (χ4v) is 3.51. The van der Waals surface area contributed by atoms with Gasteiger partial charge in [0.1, 0.15) is 0 Å². The van der Waals surface area contributed by atoms with Crippen molar-refractivity contribution in [2.45, 2.75) is 44.9 Å². The molecule has 2 N–H and O–H groups in total. The Hall–Kier alpha value is -0.120. The van der Waals surface area contributed by atoms with Gasteiger partial charge in [0.05, 0.1) is 0 Å². The first-order chi connectivity index (χ1) is 8.90. The van der Waals surface area contributed by atoms with Crippen molar-refractivity contribution in [2.75, 3.05) is 39.3 Å². The summed E-state index contributed by atoms with van der Waals surface area (Å²) in [7, 11) is 0. The van der Waals surface area contributed by atoms with Crippen LogP contribution in [-0.2, 0) is 0 Å². The van der Waals surface area contributed by atoms with Crippen LogP contribution in [0.15, 0.2) is 0 Å². The number of hydrogen-bond acceptors (Lipinski definition) is 3. The van der Waals surface area contributed by atoms with Crippen molar-refractivity contribution in [1.82, 2.24) is 10.2 Å². The third-order valence-corrected chi connectivity index (χ3v) is 4.73. The summed E-state index contributed by atoms with van der Waals surface area (Å²) < 4.78 is 0. The number of nitrogens with zero attached hydrogens (tertiary/aromatic N) is 1. The lowest BCUT2D eigenvalue weighted by atomic mass is 9.79. The van der Waals surface area contributed by atoms with Crippen LogP contribution in [0.2, 0.25) is 0 Å². The maximum absolute atomic E-state index is 9.37. The second-order valence-electron chi connectivity index (χ2n) is 6.09. The molecule has 2 aliphatic rings. The molecule has 2 unspecified atom stereocenters. The highest BCUT2D eigenvalue weighted by molar-refractivity contribution is 4.76. The summed E-state index contributed by atoms with van der Waals surface area (Å²) in [4.78, 5) is 2.58. The van der Waals surface area contributed by atoms with Crippen LogP contribution in [-0.4, -0.2) is 49.3 Å². The molecule has 3 heteroatoms. The lowest BCUT2D eigenvalue weighted by Gasteiger charge is -2.30. The highest BCUT2D eigenvalue weighted by atomic mass is 16.3. The van der Waals surface area contributed by atoms with E-state index < -0.39 is 0 Å². The van der Waals surface area contributed by atoms with Crippen LogP contribution in [0.5, 0.6) is 0 Å². The Labute approximate surface area is 112 Å². The molecule has 0 radical (unpaired) electrons. The zero-order chi connectivity index (χ0) is 12.6. The van der Waals surface area contributed by atoms with E-state index in [-0.39, 0.29) is 0 Å². The summed E-state index contributed by atoms with van der Waals surface area (Å²) in [6, 6.07) is 0. The average Bonchev–Trinajstić information content (AvgIpc) is 2.92. The minimum Gasteiger partial charge on any atom is -0.396 e. The molecule has 2 rings (SSSR count). The summed E-state index contributed by atoms with van der Waals surface area (Å²) in [5.74, 6) is 1.28. The maximum Gasteiger partial charge on any atom is 0.0462 e. The van der Waals surface area contributed by atoms with Gasteiger partial charge in [-0.1, -0.05) is 12.8 Å². The van der Waals surface area contributed by atoms with Crippen molar-refractivity contribution in [1.29, 1.82) is 0 Å². The summed E-state index contributed by atoms with van der Waals surface area (Å²) in [5.41, 5.74) is 0. The molecule has 3 nitrogen and oxygen atoms in total. The van der Waals surface area contributed by atoms with Crippen LogP contribution < -0.4 is 5.32 Å². The van der Waals surface area contributed by atoms with E-state index in [0.29, 0.717) is 12.5 Å². The van der Waals surface area contributed by atoms with Crippen LogP contribution in [0.3, 0.4) is 0 Å². The molecule has 0 aromatic rings. The number of rotatable bonds is 7. The van der Waals surface area contributed by atoms with Crippen molar-refractivity contribution < 1.29 is 5.11 Å². The van der Waals surface area contributed by atoms with Crippen LogP contribution in [0.1, 0.15) is 44.9 Å². The maximum atomic E-state index is 9.37. The summed E-state index contributed by atoms with van der Waals surface area (Å²) in [6.45, 7) is 6.54. The van der Waals surface area contributed by atoms with Crippen molar-refractivity contribution in [3.05, 3.63) is 0 Å². The first kappa shape index (κ1) is 14.3. The smallest absolute Gasteiger partial charge is 0.0462 e. The van der Waals surface area contributed by atoms with E-state index in [1.165, 1.54) is 64.6 Å². The van der Waals surface area contributed by atoms with Gasteiger partial charge in [0.15, 0.2) is 0 Å². The Bertz CT molecular complexity index is 217. The molecule has 0 amide bonds. The standard InChI is InChI=1S/C15H30N2O/c18-13-15-7-2-1-6-14(15)12-16-8-5-11-17-9-3-4-10-17/h14-16,18H,1-13H2. The fourth-order valence-electron chi connectivity index (χ4n) is 3.51. The van der Waals surface area contributed by atoms with Crippen LogP contribution in [0.25, 0.3) is 0 Å². The van der Waals surface area contributed by atoms with Crippen LogP contribution >= 0.6 is 0 Å². The van der Waals surface area contributed by atoms with Crippen molar-refractivity contribution in [3.8, 4) is 0 Å². The molecule has 2 atom stereocenters. The average molecular weight is 254 g/mol. The Morgan fingerprint density at radius 3 is 2.44 bits per heavy atom. The van der Waals surface area contributed by atoms with Crippen LogP contribution in [0.4, 0.5) is 0 Å². The lowest BCUT2D eigenvalue weighted by Crippen LogP contribution is -2.33. The molecule has 106 valence electrons. The number of hydrogen-bond donors (Lipinski definition) is 2. The molecule has 18 heavy (non-hydrogen) atoms. The Kier molecular flexibility index (Phi) is 6.46. The third kappa shape index (κ3) is 4.52. The Morgan fingerprint density at radius 1 is 1.00 bits per heavy atom. The number of aliphatic hydroxyl groups is 1. The lowest BCUT2D eigenvalue weighted by molar-refractivity contribution is 0.133. The topological polar surface area (TPSA) is 35.5 Å². The first-order valence-electron chi connectivity index (χ1n) is 7.94. The normalized spacial score (nSPS) is 29.8. The van der Waals surface area contributed by atoms with Gasteiger partial charge < -0.3 is 15.3 Å². The monoisotopic (exact) mass is 254 g/mol. The molecule has 1 saturated carbocycles. The highest BCUT2D eigenvalue weighted by Crippen LogP contribution is 2.28. The van der Waals surface area contributed by atoms with Crippen molar-refractivity contribution in [2.24, 2.45) is 11.8 Å². The molecule has 0 bridgehead atoms. The number of likely N-dealkylation sites (tertiary alicyclic amines) is 1. The number of aliphatic hydroxyl groups excluding tert-OH is 1. The molecule has 1 heterocycles.